The molecule has 0 spiro atoms. The lowest BCUT2D eigenvalue weighted by Crippen LogP contribution is -2.28. The van der Waals surface area contributed by atoms with E-state index in [4.69, 9.17) is 5.73 Å². The number of hydrogen-bond donors (Lipinski definition) is 2. The fourth-order valence-corrected chi connectivity index (χ4v) is 4.24. The summed E-state index contributed by atoms with van der Waals surface area (Å²) in [6, 6.07) is 28.8. The van der Waals surface area contributed by atoms with Gasteiger partial charge in [0.25, 0.3) is 0 Å². The van der Waals surface area contributed by atoms with E-state index in [0.29, 0.717) is 6.42 Å². The number of rotatable bonds is 4. The molecule has 0 amide bonds. The van der Waals surface area contributed by atoms with Crippen LogP contribution in [-0.2, 0) is 6.42 Å². The van der Waals surface area contributed by atoms with Gasteiger partial charge in [-0.3, -0.25) is 0 Å². The Morgan fingerprint density at radius 1 is 0.679 bits per heavy atom. The van der Waals surface area contributed by atoms with Crippen LogP contribution in [0.25, 0.3) is 32.3 Å². The predicted octanol–water partition coefficient (Wildman–Crippen LogP) is 5.61. The van der Waals surface area contributed by atoms with Crippen LogP contribution in [0.4, 0.5) is 0 Å². The van der Waals surface area contributed by atoms with Crippen LogP contribution < -0.4 is 5.73 Å². The van der Waals surface area contributed by atoms with E-state index in [1.54, 1.807) is 0 Å². The van der Waals surface area contributed by atoms with Crippen molar-refractivity contribution in [1.82, 2.24) is 0 Å². The van der Waals surface area contributed by atoms with Gasteiger partial charge >= 0.3 is 0 Å². The third kappa shape index (κ3) is 3.00. The average Bonchev–Trinajstić information content (AvgIpc) is 2.72. The first-order valence-electron chi connectivity index (χ1n) is 9.36. The molecular formula is C25H22ClNO. The van der Waals surface area contributed by atoms with Gasteiger partial charge in [-0.1, -0.05) is 84.9 Å². The Morgan fingerprint density at radius 3 is 2.00 bits per heavy atom. The van der Waals surface area contributed by atoms with Gasteiger partial charge in [-0.15, -0.1) is 12.4 Å². The molecule has 0 aliphatic heterocycles. The first-order valence-corrected chi connectivity index (χ1v) is 9.36. The molecule has 0 heterocycles. The van der Waals surface area contributed by atoms with E-state index < -0.39 is 12.1 Å². The van der Waals surface area contributed by atoms with Crippen LogP contribution in [0.2, 0.25) is 0 Å². The SMILES string of the molecule is Cl.N[C@H](c1ccc2ccc3cccc4ccc1c2c34)[C@@H](O)Cc1ccccc1. The quantitative estimate of drug-likeness (QED) is 0.394. The number of nitrogens with two attached hydrogens (primary N) is 1. The second-order valence-electron chi connectivity index (χ2n) is 7.29. The Balaban J connectivity index is 0.00000192. The second kappa shape index (κ2) is 7.40. The van der Waals surface area contributed by atoms with E-state index in [2.05, 4.69) is 54.6 Å². The molecule has 0 radical (unpaired) electrons. The van der Waals surface area contributed by atoms with E-state index in [1.807, 2.05) is 30.3 Å². The molecule has 3 N–H and O–H groups in total. The van der Waals surface area contributed by atoms with Gasteiger partial charge < -0.3 is 10.8 Å². The summed E-state index contributed by atoms with van der Waals surface area (Å²) >= 11 is 0. The number of aliphatic hydroxyl groups excluding tert-OH is 1. The largest absolute Gasteiger partial charge is 0.391 e. The Labute approximate surface area is 170 Å². The maximum Gasteiger partial charge on any atom is 0.0773 e. The molecule has 5 aromatic rings. The summed E-state index contributed by atoms with van der Waals surface area (Å²) in [6.45, 7) is 0. The lowest BCUT2D eigenvalue weighted by atomic mass is 9.88. The molecule has 2 atom stereocenters. The minimum atomic E-state index is -0.633. The number of aliphatic hydroxyl groups is 1. The van der Waals surface area contributed by atoms with Gasteiger partial charge in [0.15, 0.2) is 0 Å². The molecule has 0 aromatic heterocycles. The van der Waals surface area contributed by atoms with Crippen molar-refractivity contribution in [3.8, 4) is 0 Å². The van der Waals surface area contributed by atoms with Gasteiger partial charge in [-0.05, 0) is 43.4 Å². The molecule has 5 aromatic carbocycles. The highest BCUT2D eigenvalue weighted by atomic mass is 35.5. The standard InChI is InChI=1S/C25H21NO.ClH/c26-25(22(27)15-16-5-2-1-3-6-16)21-14-12-19-10-9-17-7-4-8-18-11-13-20(21)24(19)23(17)18;/h1-14,22,25,27H,15,26H2;1H/t22-,25+;/m0./s1. The molecule has 5 rings (SSSR count). The summed E-state index contributed by atoms with van der Waals surface area (Å²) in [7, 11) is 0. The van der Waals surface area contributed by atoms with Gasteiger partial charge in [0.05, 0.1) is 12.1 Å². The van der Waals surface area contributed by atoms with Crippen LogP contribution in [0.5, 0.6) is 0 Å². The van der Waals surface area contributed by atoms with Crippen LogP contribution >= 0.6 is 12.4 Å². The molecule has 28 heavy (non-hydrogen) atoms. The zero-order valence-electron chi connectivity index (χ0n) is 15.4. The molecule has 0 fully saturated rings. The van der Waals surface area contributed by atoms with Crippen molar-refractivity contribution in [3.05, 3.63) is 96.1 Å². The van der Waals surface area contributed by atoms with Crippen molar-refractivity contribution >= 4 is 44.7 Å². The van der Waals surface area contributed by atoms with E-state index in [9.17, 15) is 5.11 Å². The predicted molar refractivity (Wildman–Crippen MR) is 120 cm³/mol. The van der Waals surface area contributed by atoms with Crippen molar-refractivity contribution in [2.75, 3.05) is 0 Å². The first-order chi connectivity index (χ1) is 13.2. The molecule has 140 valence electrons. The summed E-state index contributed by atoms with van der Waals surface area (Å²) in [4.78, 5) is 0. The molecule has 3 heteroatoms. The van der Waals surface area contributed by atoms with Crippen LogP contribution in [0.3, 0.4) is 0 Å². The van der Waals surface area contributed by atoms with E-state index in [-0.39, 0.29) is 12.4 Å². The van der Waals surface area contributed by atoms with Crippen molar-refractivity contribution in [2.45, 2.75) is 18.6 Å². The van der Waals surface area contributed by atoms with Crippen LogP contribution in [0.15, 0.2) is 84.9 Å². The van der Waals surface area contributed by atoms with Gasteiger partial charge in [0, 0.05) is 6.42 Å². The summed E-state index contributed by atoms with van der Waals surface area (Å²) < 4.78 is 0. The van der Waals surface area contributed by atoms with Gasteiger partial charge in [0.2, 0.25) is 0 Å². The zero-order valence-corrected chi connectivity index (χ0v) is 16.2. The van der Waals surface area contributed by atoms with Crippen molar-refractivity contribution in [2.24, 2.45) is 5.73 Å². The Bertz CT molecular complexity index is 1220. The van der Waals surface area contributed by atoms with Crippen molar-refractivity contribution in [3.63, 3.8) is 0 Å². The van der Waals surface area contributed by atoms with Gasteiger partial charge in [-0.25, -0.2) is 0 Å². The first kappa shape index (κ1) is 18.7. The fourth-order valence-electron chi connectivity index (χ4n) is 4.24. The highest BCUT2D eigenvalue weighted by molar-refractivity contribution is 6.23. The lowest BCUT2D eigenvalue weighted by Gasteiger charge is -2.22. The molecular weight excluding hydrogens is 366 g/mol. The summed E-state index contributed by atoms with van der Waals surface area (Å²) in [5, 5.41) is 18.1. The Kier molecular flexibility index (Phi) is 4.94. The minimum Gasteiger partial charge on any atom is -0.391 e. The number of benzene rings is 5. The molecule has 0 aliphatic rings. The van der Waals surface area contributed by atoms with Gasteiger partial charge in [-0.2, -0.15) is 0 Å². The normalized spacial score (nSPS) is 13.6. The van der Waals surface area contributed by atoms with Crippen LogP contribution in [0.1, 0.15) is 17.2 Å². The second-order valence-corrected chi connectivity index (χ2v) is 7.29. The maximum absolute atomic E-state index is 10.8. The molecule has 0 saturated carbocycles. The topological polar surface area (TPSA) is 46.2 Å². The Morgan fingerprint density at radius 2 is 1.29 bits per heavy atom. The molecule has 0 unspecified atom stereocenters. The summed E-state index contributed by atoms with van der Waals surface area (Å²) in [6.07, 6.45) is -0.0878. The minimum absolute atomic E-state index is 0. The monoisotopic (exact) mass is 387 g/mol. The fraction of sp³-hybridized carbons (Fsp3) is 0.120. The molecule has 0 bridgehead atoms. The summed E-state index contributed by atoms with van der Waals surface area (Å²) in [5.41, 5.74) is 8.63. The van der Waals surface area contributed by atoms with E-state index in [1.165, 1.54) is 26.9 Å². The zero-order chi connectivity index (χ0) is 18.4. The number of halogens is 1. The molecule has 2 nitrogen and oxygen atoms in total. The molecule has 0 aliphatic carbocycles. The lowest BCUT2D eigenvalue weighted by molar-refractivity contribution is 0.145. The third-order valence-corrected chi connectivity index (χ3v) is 5.62. The highest BCUT2D eigenvalue weighted by Gasteiger charge is 2.21. The van der Waals surface area contributed by atoms with E-state index >= 15 is 0 Å². The summed E-state index contributed by atoms with van der Waals surface area (Å²) in [5.74, 6) is 0. The smallest absolute Gasteiger partial charge is 0.0773 e. The van der Waals surface area contributed by atoms with Crippen LogP contribution in [0, 0.1) is 0 Å². The van der Waals surface area contributed by atoms with Crippen molar-refractivity contribution < 1.29 is 5.11 Å². The number of hydrogen-bond acceptors (Lipinski definition) is 2. The highest BCUT2D eigenvalue weighted by Crippen LogP contribution is 2.37. The van der Waals surface area contributed by atoms with Crippen LogP contribution in [-0.4, -0.2) is 11.2 Å². The Hall–Kier alpha value is -2.65. The van der Waals surface area contributed by atoms with Crippen molar-refractivity contribution in [1.29, 1.82) is 0 Å². The maximum atomic E-state index is 10.8. The van der Waals surface area contributed by atoms with Gasteiger partial charge in [0.1, 0.15) is 0 Å². The molecule has 0 saturated heterocycles. The average molecular weight is 388 g/mol. The van der Waals surface area contributed by atoms with E-state index in [0.717, 1.165) is 16.5 Å². The third-order valence-electron chi connectivity index (χ3n) is 5.62.